The zero-order valence-corrected chi connectivity index (χ0v) is 17.2. The van der Waals surface area contributed by atoms with E-state index in [1.54, 1.807) is 0 Å². The zero-order chi connectivity index (χ0) is 22.3. The van der Waals surface area contributed by atoms with Crippen LogP contribution < -0.4 is 0 Å². The summed E-state index contributed by atoms with van der Waals surface area (Å²) in [6.07, 6.45) is 4.03. The number of aliphatic carboxylic acids is 1. The van der Waals surface area contributed by atoms with Crippen LogP contribution in [-0.4, -0.2) is 52.4 Å². The van der Waals surface area contributed by atoms with Gasteiger partial charge in [-0.25, -0.2) is 4.79 Å². The molecular formula is C23H27F3N2O3. The number of halogens is 3. The molecule has 0 amide bonds. The van der Waals surface area contributed by atoms with Gasteiger partial charge in [-0.05, 0) is 48.8 Å². The Morgan fingerprint density at radius 2 is 1.77 bits per heavy atom. The lowest BCUT2D eigenvalue weighted by atomic mass is 10.0. The van der Waals surface area contributed by atoms with E-state index < -0.39 is 12.1 Å². The van der Waals surface area contributed by atoms with Crippen molar-refractivity contribution in [3.63, 3.8) is 0 Å². The number of carboxylic acids is 1. The molecule has 1 N–H and O–H groups in total. The highest BCUT2D eigenvalue weighted by Crippen LogP contribution is 2.32. The van der Waals surface area contributed by atoms with Gasteiger partial charge in [-0.15, -0.1) is 0 Å². The van der Waals surface area contributed by atoms with Crippen LogP contribution in [0.5, 0.6) is 0 Å². The molecule has 1 aromatic heterocycles. The summed E-state index contributed by atoms with van der Waals surface area (Å²) in [5, 5.41) is 7.12. The second-order valence-corrected chi connectivity index (χ2v) is 8.00. The average molecular weight is 436 g/mol. The first-order valence-electron chi connectivity index (χ1n) is 10.4. The Labute approximate surface area is 179 Å². The Hall–Kier alpha value is -2.45. The minimum absolute atomic E-state index is 0.363. The summed E-state index contributed by atoms with van der Waals surface area (Å²) in [7, 11) is 0. The Balaban J connectivity index is 0.000000339. The third kappa shape index (κ3) is 7.63. The molecule has 2 heterocycles. The molecule has 31 heavy (non-hydrogen) atoms. The van der Waals surface area contributed by atoms with Crippen molar-refractivity contribution in [3.05, 3.63) is 66.0 Å². The maximum absolute atomic E-state index is 10.6. The molecule has 2 fully saturated rings. The van der Waals surface area contributed by atoms with Crippen molar-refractivity contribution in [2.75, 3.05) is 13.2 Å². The topological polar surface area (TPSA) is 62.7 Å². The standard InChI is InChI=1S/C21H26N2O.C2HF3O2/c1-2-5-17(6-3-1)13-20-21(24-16-18-8-9-18)10-12-23(20)15-19-7-4-11-22-14-19;3-2(4,5)1(6)7/h1-7,11,14,18,20-21H,8-10,12-13,15-16H2;(H,6,7)/t20-,21+;/m0./s1. The summed E-state index contributed by atoms with van der Waals surface area (Å²) in [6, 6.07) is 15.5. The van der Waals surface area contributed by atoms with Gasteiger partial charge in [0, 0.05) is 38.1 Å². The van der Waals surface area contributed by atoms with Crippen molar-refractivity contribution in [3.8, 4) is 0 Å². The minimum atomic E-state index is -5.08. The number of rotatable bonds is 7. The van der Waals surface area contributed by atoms with Crippen molar-refractivity contribution in [2.24, 2.45) is 5.92 Å². The lowest BCUT2D eigenvalue weighted by Gasteiger charge is -2.28. The van der Waals surface area contributed by atoms with Gasteiger partial charge in [0.1, 0.15) is 0 Å². The molecule has 0 bridgehead atoms. The lowest BCUT2D eigenvalue weighted by Crippen LogP contribution is -2.38. The quantitative estimate of drug-likeness (QED) is 0.700. The summed E-state index contributed by atoms with van der Waals surface area (Å²) >= 11 is 0. The van der Waals surface area contributed by atoms with Gasteiger partial charge in [0.15, 0.2) is 0 Å². The first-order chi connectivity index (χ1) is 14.8. The largest absolute Gasteiger partial charge is 0.490 e. The van der Waals surface area contributed by atoms with Gasteiger partial charge in [-0.2, -0.15) is 13.2 Å². The number of aromatic nitrogens is 1. The normalized spacial score (nSPS) is 21.4. The molecule has 2 atom stereocenters. The molecule has 168 valence electrons. The molecule has 1 aliphatic heterocycles. The van der Waals surface area contributed by atoms with Crippen molar-refractivity contribution in [1.82, 2.24) is 9.88 Å². The molecule has 2 aliphatic rings. The van der Waals surface area contributed by atoms with Gasteiger partial charge in [-0.3, -0.25) is 9.88 Å². The molecule has 0 radical (unpaired) electrons. The van der Waals surface area contributed by atoms with Gasteiger partial charge >= 0.3 is 12.1 Å². The molecule has 1 aromatic carbocycles. The van der Waals surface area contributed by atoms with Crippen LogP contribution in [0.3, 0.4) is 0 Å². The maximum atomic E-state index is 10.6. The SMILES string of the molecule is O=C(O)C(F)(F)F.c1ccc(C[C@H]2[C@H](OCC3CC3)CCN2Cc2cccnc2)cc1. The fraction of sp³-hybridized carbons (Fsp3) is 0.478. The van der Waals surface area contributed by atoms with Gasteiger partial charge in [0.25, 0.3) is 0 Å². The second-order valence-electron chi connectivity index (χ2n) is 8.00. The van der Waals surface area contributed by atoms with Crippen LogP contribution in [0.15, 0.2) is 54.9 Å². The summed E-state index contributed by atoms with van der Waals surface area (Å²) < 4.78 is 38.1. The first kappa shape index (κ1) is 23.2. The number of carbonyl (C=O) groups is 1. The van der Waals surface area contributed by atoms with Crippen LogP contribution in [0.25, 0.3) is 0 Å². The number of ether oxygens (including phenoxy) is 1. The van der Waals surface area contributed by atoms with Crippen LogP contribution in [0.1, 0.15) is 30.4 Å². The van der Waals surface area contributed by atoms with Crippen molar-refractivity contribution >= 4 is 5.97 Å². The number of carboxylic acid groups (broad SMARTS) is 1. The number of benzene rings is 1. The van der Waals surface area contributed by atoms with E-state index in [1.165, 1.54) is 24.0 Å². The van der Waals surface area contributed by atoms with E-state index in [9.17, 15) is 13.2 Å². The van der Waals surface area contributed by atoms with Crippen LogP contribution in [-0.2, 0) is 22.5 Å². The fourth-order valence-corrected chi connectivity index (χ4v) is 3.66. The van der Waals surface area contributed by atoms with Gasteiger partial charge in [0.05, 0.1) is 6.10 Å². The Bertz CT molecular complexity index is 814. The Morgan fingerprint density at radius 1 is 1.10 bits per heavy atom. The summed E-state index contributed by atoms with van der Waals surface area (Å²) in [4.78, 5) is 15.7. The highest BCUT2D eigenvalue weighted by atomic mass is 19.4. The average Bonchev–Trinajstić information content (AvgIpc) is 3.51. The van der Waals surface area contributed by atoms with E-state index in [2.05, 4.69) is 46.3 Å². The van der Waals surface area contributed by atoms with Crippen LogP contribution in [0.2, 0.25) is 0 Å². The number of likely N-dealkylation sites (tertiary alicyclic amines) is 1. The lowest BCUT2D eigenvalue weighted by molar-refractivity contribution is -0.192. The number of hydrogen-bond acceptors (Lipinski definition) is 4. The van der Waals surface area contributed by atoms with Crippen LogP contribution in [0.4, 0.5) is 13.2 Å². The molecule has 1 aliphatic carbocycles. The van der Waals surface area contributed by atoms with Crippen molar-refractivity contribution in [2.45, 2.75) is 50.6 Å². The van der Waals surface area contributed by atoms with E-state index in [0.717, 1.165) is 38.5 Å². The molecule has 5 nitrogen and oxygen atoms in total. The van der Waals surface area contributed by atoms with E-state index in [1.807, 2.05) is 18.5 Å². The first-order valence-corrected chi connectivity index (χ1v) is 10.4. The van der Waals surface area contributed by atoms with Gasteiger partial charge < -0.3 is 9.84 Å². The molecule has 0 unspecified atom stereocenters. The van der Waals surface area contributed by atoms with Crippen LogP contribution >= 0.6 is 0 Å². The third-order valence-corrected chi connectivity index (χ3v) is 5.48. The second kappa shape index (κ2) is 10.7. The van der Waals surface area contributed by atoms with E-state index in [4.69, 9.17) is 14.6 Å². The number of pyridine rings is 1. The fourth-order valence-electron chi connectivity index (χ4n) is 3.66. The summed E-state index contributed by atoms with van der Waals surface area (Å²) in [5.74, 6) is -1.93. The molecule has 4 rings (SSSR count). The van der Waals surface area contributed by atoms with E-state index >= 15 is 0 Å². The summed E-state index contributed by atoms with van der Waals surface area (Å²) in [5.41, 5.74) is 2.69. The summed E-state index contributed by atoms with van der Waals surface area (Å²) in [6.45, 7) is 3.03. The number of alkyl halides is 3. The van der Waals surface area contributed by atoms with E-state index in [0.29, 0.717) is 12.1 Å². The highest BCUT2D eigenvalue weighted by molar-refractivity contribution is 5.73. The van der Waals surface area contributed by atoms with Crippen molar-refractivity contribution < 1.29 is 27.8 Å². The third-order valence-electron chi connectivity index (χ3n) is 5.48. The predicted molar refractivity (Wildman–Crippen MR) is 109 cm³/mol. The molecule has 1 saturated heterocycles. The minimum Gasteiger partial charge on any atom is -0.475 e. The smallest absolute Gasteiger partial charge is 0.475 e. The Kier molecular flexibility index (Phi) is 8.03. The van der Waals surface area contributed by atoms with E-state index in [-0.39, 0.29) is 0 Å². The molecular weight excluding hydrogens is 409 g/mol. The molecule has 2 aromatic rings. The number of nitrogens with zero attached hydrogens (tertiary/aromatic N) is 2. The van der Waals surface area contributed by atoms with Gasteiger partial charge in [-0.1, -0.05) is 36.4 Å². The molecule has 1 saturated carbocycles. The number of hydrogen-bond donors (Lipinski definition) is 1. The molecule has 0 spiro atoms. The highest BCUT2D eigenvalue weighted by Gasteiger charge is 2.38. The zero-order valence-electron chi connectivity index (χ0n) is 17.2. The Morgan fingerprint density at radius 3 is 2.35 bits per heavy atom. The van der Waals surface area contributed by atoms with Gasteiger partial charge in [0.2, 0.25) is 0 Å². The molecule has 8 heteroatoms. The monoisotopic (exact) mass is 436 g/mol. The maximum Gasteiger partial charge on any atom is 0.490 e. The van der Waals surface area contributed by atoms with Crippen molar-refractivity contribution in [1.29, 1.82) is 0 Å². The predicted octanol–water partition coefficient (Wildman–Crippen LogP) is 4.33. The van der Waals surface area contributed by atoms with Crippen LogP contribution in [0, 0.1) is 5.92 Å².